The fourth-order valence-corrected chi connectivity index (χ4v) is 3.29. The minimum atomic E-state index is -3.56. The Kier molecular flexibility index (Phi) is 7.98. The molecule has 150 valence electrons. The highest BCUT2D eigenvalue weighted by Crippen LogP contribution is 2.34. The van der Waals surface area contributed by atoms with Gasteiger partial charge in [0, 0.05) is 37.8 Å². The normalized spacial score (nSPS) is 12.3. The minimum absolute atomic E-state index is 0.000393. The third-order valence-corrected chi connectivity index (χ3v) is 5.06. The SMILES string of the molecule is C=NN(CC)C(=O)C(C)=C(O)c1ccc(S(C)(=O)=O)c(OCCOC)c1C. The van der Waals surface area contributed by atoms with Crippen molar-refractivity contribution in [3.63, 3.8) is 0 Å². The Hall–Kier alpha value is -2.39. The van der Waals surface area contributed by atoms with E-state index in [9.17, 15) is 18.3 Å². The molecule has 0 heterocycles. The lowest BCUT2D eigenvalue weighted by Crippen LogP contribution is -2.26. The summed E-state index contributed by atoms with van der Waals surface area (Å²) >= 11 is 0. The Morgan fingerprint density at radius 3 is 2.44 bits per heavy atom. The van der Waals surface area contributed by atoms with E-state index in [1.807, 2.05) is 0 Å². The highest BCUT2D eigenvalue weighted by atomic mass is 32.2. The van der Waals surface area contributed by atoms with Crippen molar-refractivity contribution >= 4 is 28.2 Å². The molecule has 1 aromatic carbocycles. The van der Waals surface area contributed by atoms with E-state index in [1.54, 1.807) is 13.8 Å². The second-order valence-corrected chi connectivity index (χ2v) is 7.80. The first-order chi connectivity index (χ1) is 12.6. The molecule has 0 saturated heterocycles. The van der Waals surface area contributed by atoms with E-state index in [2.05, 4.69) is 11.8 Å². The van der Waals surface area contributed by atoms with Gasteiger partial charge in [0.05, 0.1) is 12.2 Å². The van der Waals surface area contributed by atoms with Crippen LogP contribution in [0.15, 0.2) is 27.7 Å². The third kappa shape index (κ3) is 5.30. The molecule has 1 aromatic rings. The number of nitrogens with zero attached hydrogens (tertiary/aromatic N) is 2. The average molecular weight is 398 g/mol. The van der Waals surface area contributed by atoms with E-state index in [4.69, 9.17) is 9.47 Å². The quantitative estimate of drug-likeness (QED) is 0.225. The summed E-state index contributed by atoms with van der Waals surface area (Å²) in [4.78, 5) is 12.4. The molecule has 0 saturated carbocycles. The van der Waals surface area contributed by atoms with Gasteiger partial charge in [0.15, 0.2) is 9.84 Å². The number of benzene rings is 1. The lowest BCUT2D eigenvalue weighted by molar-refractivity contribution is -0.126. The number of likely N-dealkylation sites (N-methyl/N-ethyl adjacent to an activating group) is 1. The van der Waals surface area contributed by atoms with Crippen molar-refractivity contribution in [1.29, 1.82) is 0 Å². The molecule has 1 rings (SSSR count). The first-order valence-electron chi connectivity index (χ1n) is 8.24. The minimum Gasteiger partial charge on any atom is -0.507 e. The number of hydrogen-bond acceptors (Lipinski definition) is 7. The molecule has 27 heavy (non-hydrogen) atoms. The average Bonchev–Trinajstić information content (AvgIpc) is 2.61. The monoisotopic (exact) mass is 398 g/mol. The predicted octanol–water partition coefficient (Wildman–Crippen LogP) is 2.18. The first-order valence-corrected chi connectivity index (χ1v) is 10.1. The van der Waals surface area contributed by atoms with Gasteiger partial charge in [-0.05, 0) is 32.9 Å². The highest BCUT2D eigenvalue weighted by molar-refractivity contribution is 7.90. The summed E-state index contributed by atoms with van der Waals surface area (Å²) in [7, 11) is -2.05. The van der Waals surface area contributed by atoms with Crippen molar-refractivity contribution in [2.24, 2.45) is 5.10 Å². The van der Waals surface area contributed by atoms with Gasteiger partial charge in [-0.15, -0.1) is 0 Å². The zero-order valence-electron chi connectivity index (χ0n) is 16.3. The maximum Gasteiger partial charge on any atom is 0.273 e. The molecular formula is C18H26N2O6S. The van der Waals surface area contributed by atoms with E-state index in [0.717, 1.165) is 11.3 Å². The summed E-state index contributed by atoms with van der Waals surface area (Å²) < 4.78 is 34.6. The van der Waals surface area contributed by atoms with Gasteiger partial charge in [0.2, 0.25) is 0 Å². The molecular weight excluding hydrogens is 372 g/mol. The zero-order valence-corrected chi connectivity index (χ0v) is 17.1. The van der Waals surface area contributed by atoms with Gasteiger partial charge >= 0.3 is 0 Å². The zero-order chi connectivity index (χ0) is 20.8. The molecule has 1 N–H and O–H groups in total. The van der Waals surface area contributed by atoms with Crippen molar-refractivity contribution in [3.05, 3.63) is 28.8 Å². The van der Waals surface area contributed by atoms with Crippen LogP contribution in [0.25, 0.3) is 5.76 Å². The standard InChI is InChI=1S/C18H26N2O6S/c1-7-20(19-4)18(22)13(3)16(21)14-8-9-15(27(6,23)24)17(12(14)2)26-11-10-25-5/h8-9,21H,4,7,10-11H2,1-3,5-6H3. The lowest BCUT2D eigenvalue weighted by atomic mass is 10.0. The van der Waals surface area contributed by atoms with Crippen molar-refractivity contribution in [3.8, 4) is 5.75 Å². The van der Waals surface area contributed by atoms with Crippen LogP contribution in [0.4, 0.5) is 0 Å². The summed E-state index contributed by atoms with van der Waals surface area (Å²) in [5, 5.41) is 15.3. The van der Waals surface area contributed by atoms with Gasteiger partial charge in [0.1, 0.15) is 23.0 Å². The molecule has 0 aliphatic carbocycles. The summed E-state index contributed by atoms with van der Waals surface area (Å²) in [5.41, 5.74) is 0.747. The lowest BCUT2D eigenvalue weighted by Gasteiger charge is -2.18. The molecule has 0 aliphatic rings. The van der Waals surface area contributed by atoms with Gasteiger partial charge in [-0.3, -0.25) is 4.79 Å². The smallest absolute Gasteiger partial charge is 0.273 e. The molecule has 0 bridgehead atoms. The molecule has 8 nitrogen and oxygen atoms in total. The second-order valence-electron chi connectivity index (χ2n) is 5.81. The predicted molar refractivity (Wildman–Crippen MR) is 104 cm³/mol. The van der Waals surface area contributed by atoms with Crippen molar-refractivity contribution in [2.45, 2.75) is 25.7 Å². The summed E-state index contributed by atoms with van der Waals surface area (Å²) in [5.74, 6) is -0.664. The van der Waals surface area contributed by atoms with Gasteiger partial charge in [0.25, 0.3) is 5.91 Å². The molecule has 1 amide bonds. The summed E-state index contributed by atoms with van der Waals surface area (Å²) in [6, 6.07) is 2.79. The van der Waals surface area contributed by atoms with Crippen LogP contribution in [0, 0.1) is 6.92 Å². The van der Waals surface area contributed by atoms with Gasteiger partial charge in [-0.2, -0.15) is 5.10 Å². The van der Waals surface area contributed by atoms with E-state index >= 15 is 0 Å². The fourth-order valence-electron chi connectivity index (χ4n) is 2.43. The molecule has 0 aromatic heterocycles. The first kappa shape index (κ1) is 22.7. The number of hydrazone groups is 1. The maximum absolute atomic E-state index is 12.4. The van der Waals surface area contributed by atoms with E-state index in [0.29, 0.717) is 17.7 Å². The number of ether oxygens (including phenoxy) is 2. The molecule has 9 heteroatoms. The van der Waals surface area contributed by atoms with Crippen LogP contribution in [0.3, 0.4) is 0 Å². The van der Waals surface area contributed by atoms with Crippen LogP contribution < -0.4 is 4.74 Å². The largest absolute Gasteiger partial charge is 0.507 e. The number of amides is 1. The number of aliphatic hydroxyl groups excluding tert-OH is 1. The molecule has 0 radical (unpaired) electrons. The van der Waals surface area contributed by atoms with Gasteiger partial charge < -0.3 is 14.6 Å². The summed E-state index contributed by atoms with van der Waals surface area (Å²) in [6.07, 6.45) is 1.07. The van der Waals surface area contributed by atoms with Crippen LogP contribution in [-0.2, 0) is 19.4 Å². The van der Waals surface area contributed by atoms with E-state index in [1.165, 1.54) is 26.2 Å². The van der Waals surface area contributed by atoms with Crippen LogP contribution in [0.2, 0.25) is 0 Å². The van der Waals surface area contributed by atoms with Gasteiger partial charge in [-0.25, -0.2) is 13.4 Å². The van der Waals surface area contributed by atoms with Crippen LogP contribution in [0.1, 0.15) is 25.0 Å². The van der Waals surface area contributed by atoms with Crippen molar-refractivity contribution in [2.75, 3.05) is 33.1 Å². The van der Waals surface area contributed by atoms with Crippen molar-refractivity contribution < 1.29 is 27.8 Å². The van der Waals surface area contributed by atoms with Crippen LogP contribution >= 0.6 is 0 Å². The molecule has 0 atom stereocenters. The number of sulfone groups is 1. The number of aliphatic hydroxyl groups is 1. The maximum atomic E-state index is 12.4. The van der Waals surface area contributed by atoms with Crippen LogP contribution in [0.5, 0.6) is 5.75 Å². The molecule has 0 unspecified atom stereocenters. The number of methoxy groups -OCH3 is 1. The Morgan fingerprint density at radius 2 is 1.96 bits per heavy atom. The van der Waals surface area contributed by atoms with Crippen molar-refractivity contribution in [1.82, 2.24) is 5.01 Å². The molecule has 0 aliphatic heterocycles. The second kappa shape index (κ2) is 9.52. The Labute approximate surface area is 160 Å². The van der Waals surface area contributed by atoms with E-state index in [-0.39, 0.29) is 35.2 Å². The fraction of sp³-hybridized carbons (Fsp3) is 0.444. The van der Waals surface area contributed by atoms with Gasteiger partial charge in [-0.1, -0.05) is 0 Å². The van der Waals surface area contributed by atoms with Crippen LogP contribution in [-0.4, -0.2) is 64.3 Å². The number of carbonyl (C=O) groups excluding carboxylic acids is 1. The topological polar surface area (TPSA) is 106 Å². The number of rotatable bonds is 9. The number of carbonyl (C=O) groups is 1. The Balaban J connectivity index is 3.52. The Morgan fingerprint density at radius 1 is 1.33 bits per heavy atom. The summed E-state index contributed by atoms with van der Waals surface area (Å²) in [6.45, 7) is 8.83. The molecule has 0 spiro atoms. The number of hydrogen-bond donors (Lipinski definition) is 1. The van der Waals surface area contributed by atoms with E-state index < -0.39 is 15.7 Å². The third-order valence-electron chi connectivity index (χ3n) is 3.94. The Bertz CT molecular complexity index is 846. The highest BCUT2D eigenvalue weighted by Gasteiger charge is 2.23. The molecule has 0 fully saturated rings.